The second-order valence-corrected chi connectivity index (χ2v) is 10.1. The molecule has 0 saturated carbocycles. The number of piperidine rings is 1. The van der Waals surface area contributed by atoms with Gasteiger partial charge in [0, 0.05) is 41.7 Å². The fourth-order valence-electron chi connectivity index (χ4n) is 5.68. The summed E-state index contributed by atoms with van der Waals surface area (Å²) in [6.07, 6.45) is 4.78. The molecule has 0 aliphatic carbocycles. The standard InChI is InChI=1S/C30H31N3O3/c1-18-11-12-22-24(16-18)36-25-17-23(31-13-7-15-33-14-6-5-8-19(33)2)26-27(28(25)32-22)30(35)21-10-4-3-9-20(21)29(26)34/h3-4,9-12,16-17,19,31-32H,5-8,13-15H2,1-2H3. The molecule has 1 saturated heterocycles. The van der Waals surface area contributed by atoms with Crippen LogP contribution in [0.5, 0.6) is 0 Å². The van der Waals surface area contributed by atoms with E-state index in [-0.39, 0.29) is 10.9 Å². The summed E-state index contributed by atoms with van der Waals surface area (Å²) in [7, 11) is 0. The van der Waals surface area contributed by atoms with Gasteiger partial charge in [0.15, 0.2) is 22.0 Å². The van der Waals surface area contributed by atoms with Gasteiger partial charge in [-0.15, -0.1) is 0 Å². The summed E-state index contributed by atoms with van der Waals surface area (Å²) in [6.45, 7) is 7.19. The Hall–Kier alpha value is -3.64. The minimum absolute atomic E-state index is 0.133. The number of aromatic amines is 1. The van der Waals surface area contributed by atoms with Crippen LogP contribution >= 0.6 is 0 Å². The SMILES string of the molecule is Cc1ccc2[nH]c3c(cc(NCCCN4CCCCC4C)c4c(=O)c5ccccc5c(=O)c43)oc2c1. The van der Waals surface area contributed by atoms with Crippen LogP contribution in [0.4, 0.5) is 5.69 Å². The molecule has 1 fully saturated rings. The summed E-state index contributed by atoms with van der Waals surface area (Å²) >= 11 is 0. The van der Waals surface area contributed by atoms with Gasteiger partial charge in [0.25, 0.3) is 0 Å². The van der Waals surface area contributed by atoms with Gasteiger partial charge in [-0.3, -0.25) is 9.59 Å². The van der Waals surface area contributed by atoms with Gasteiger partial charge in [0.1, 0.15) is 0 Å². The highest BCUT2D eigenvalue weighted by atomic mass is 16.3. The summed E-state index contributed by atoms with van der Waals surface area (Å²) < 4.78 is 6.28. The van der Waals surface area contributed by atoms with Gasteiger partial charge in [-0.1, -0.05) is 36.8 Å². The predicted molar refractivity (Wildman–Crippen MR) is 148 cm³/mol. The molecule has 0 radical (unpaired) electrons. The Morgan fingerprint density at radius 2 is 1.78 bits per heavy atom. The van der Waals surface area contributed by atoms with Crippen molar-refractivity contribution < 1.29 is 4.42 Å². The second-order valence-electron chi connectivity index (χ2n) is 10.1. The van der Waals surface area contributed by atoms with Gasteiger partial charge in [0.05, 0.1) is 21.8 Å². The van der Waals surface area contributed by atoms with Crippen LogP contribution in [0.25, 0.3) is 43.7 Å². The maximum Gasteiger partial charge on any atom is 0.196 e. The molecule has 1 aromatic heterocycles. The van der Waals surface area contributed by atoms with Gasteiger partial charge >= 0.3 is 0 Å². The summed E-state index contributed by atoms with van der Waals surface area (Å²) in [5.41, 5.74) is 4.05. The first-order valence-electron chi connectivity index (χ1n) is 12.9. The third kappa shape index (κ3) is 3.86. The van der Waals surface area contributed by atoms with E-state index in [9.17, 15) is 9.59 Å². The number of hydrogen-bond donors (Lipinski definition) is 2. The first kappa shape index (κ1) is 22.8. The maximum absolute atomic E-state index is 13.7. The molecule has 2 N–H and O–H groups in total. The van der Waals surface area contributed by atoms with Crippen molar-refractivity contribution in [1.82, 2.24) is 9.88 Å². The number of nitrogens with one attached hydrogen (secondary N) is 2. The summed E-state index contributed by atoms with van der Waals surface area (Å²) in [5.74, 6) is 0. The third-order valence-corrected chi connectivity index (χ3v) is 7.66. The van der Waals surface area contributed by atoms with E-state index in [0.717, 1.165) is 30.6 Å². The van der Waals surface area contributed by atoms with Crippen LogP contribution in [-0.4, -0.2) is 35.6 Å². The van der Waals surface area contributed by atoms with Crippen LogP contribution in [0.3, 0.4) is 0 Å². The number of benzene rings is 4. The Labute approximate surface area is 208 Å². The Morgan fingerprint density at radius 3 is 2.56 bits per heavy atom. The molecular weight excluding hydrogens is 450 g/mol. The van der Waals surface area contributed by atoms with Crippen LogP contribution in [0, 0.1) is 6.92 Å². The minimum atomic E-state index is -0.158. The molecule has 0 amide bonds. The summed E-state index contributed by atoms with van der Waals surface area (Å²) in [4.78, 5) is 33.4. The van der Waals surface area contributed by atoms with Gasteiger partial charge in [-0.25, -0.2) is 0 Å². The normalized spacial score (nSPS) is 16.9. The van der Waals surface area contributed by atoms with E-state index in [1.807, 2.05) is 31.2 Å². The van der Waals surface area contributed by atoms with E-state index in [1.165, 1.54) is 19.3 Å². The third-order valence-electron chi connectivity index (χ3n) is 7.66. The van der Waals surface area contributed by atoms with Crippen LogP contribution in [0.2, 0.25) is 0 Å². The van der Waals surface area contributed by atoms with Crippen molar-refractivity contribution in [2.45, 2.75) is 45.6 Å². The van der Waals surface area contributed by atoms with Crippen LogP contribution in [0.1, 0.15) is 38.2 Å². The van der Waals surface area contributed by atoms with Crippen molar-refractivity contribution in [3.63, 3.8) is 0 Å². The Kier molecular flexibility index (Phi) is 5.76. The van der Waals surface area contributed by atoms with Gasteiger partial charge in [0.2, 0.25) is 0 Å². The molecule has 1 unspecified atom stereocenters. The lowest BCUT2D eigenvalue weighted by molar-refractivity contribution is 0.160. The van der Waals surface area contributed by atoms with E-state index in [0.29, 0.717) is 56.5 Å². The molecule has 0 bridgehead atoms. The molecule has 1 aliphatic rings. The van der Waals surface area contributed by atoms with Gasteiger partial charge < -0.3 is 19.6 Å². The molecule has 6 rings (SSSR count). The van der Waals surface area contributed by atoms with Gasteiger partial charge in [-0.2, -0.15) is 0 Å². The highest BCUT2D eigenvalue weighted by Crippen LogP contribution is 2.31. The molecule has 6 heteroatoms. The van der Waals surface area contributed by atoms with E-state index in [2.05, 4.69) is 22.1 Å². The zero-order chi connectivity index (χ0) is 24.8. The van der Waals surface area contributed by atoms with Crippen molar-refractivity contribution >= 4 is 49.4 Å². The molecule has 4 aromatic carbocycles. The number of fused-ring (bicyclic) bond motifs is 5. The van der Waals surface area contributed by atoms with E-state index in [1.54, 1.807) is 24.3 Å². The molecule has 2 heterocycles. The number of aromatic nitrogens is 1. The van der Waals surface area contributed by atoms with Crippen molar-refractivity contribution in [3.8, 4) is 0 Å². The number of aryl methyl sites for hydroxylation is 1. The predicted octanol–water partition coefficient (Wildman–Crippen LogP) is 5.93. The molecular formula is C30H31N3O3. The largest absolute Gasteiger partial charge is 0.453 e. The lowest BCUT2D eigenvalue weighted by atomic mass is 9.99. The number of likely N-dealkylation sites (tertiary alicyclic amines) is 1. The minimum Gasteiger partial charge on any atom is -0.453 e. The van der Waals surface area contributed by atoms with Crippen molar-refractivity contribution in [3.05, 3.63) is 74.5 Å². The number of nitrogens with zero attached hydrogens (tertiary/aromatic N) is 1. The first-order valence-corrected chi connectivity index (χ1v) is 12.9. The molecule has 5 aromatic rings. The Morgan fingerprint density at radius 1 is 1.00 bits per heavy atom. The van der Waals surface area contributed by atoms with Crippen LogP contribution in [0.15, 0.2) is 62.5 Å². The maximum atomic E-state index is 13.7. The quantitative estimate of drug-likeness (QED) is 0.185. The molecule has 184 valence electrons. The summed E-state index contributed by atoms with van der Waals surface area (Å²) in [5, 5.41) is 5.18. The fraction of sp³-hybridized carbons (Fsp3) is 0.333. The van der Waals surface area contributed by atoms with Crippen molar-refractivity contribution in [1.29, 1.82) is 0 Å². The fourth-order valence-corrected chi connectivity index (χ4v) is 5.68. The second kappa shape index (κ2) is 9.10. The van der Waals surface area contributed by atoms with Gasteiger partial charge in [-0.05, 0) is 57.4 Å². The average Bonchev–Trinajstić information content (AvgIpc) is 2.89. The topological polar surface area (TPSA) is 78.3 Å². The molecule has 6 nitrogen and oxygen atoms in total. The molecule has 1 aliphatic heterocycles. The monoisotopic (exact) mass is 481 g/mol. The molecule has 1 atom stereocenters. The Balaban J connectivity index is 1.50. The summed E-state index contributed by atoms with van der Waals surface area (Å²) in [6, 6.07) is 15.5. The van der Waals surface area contributed by atoms with Crippen molar-refractivity contribution in [2.75, 3.05) is 25.0 Å². The smallest absolute Gasteiger partial charge is 0.196 e. The molecule has 36 heavy (non-hydrogen) atoms. The zero-order valence-corrected chi connectivity index (χ0v) is 20.8. The first-order chi connectivity index (χ1) is 17.5. The lowest BCUT2D eigenvalue weighted by Crippen LogP contribution is -2.38. The highest BCUT2D eigenvalue weighted by molar-refractivity contribution is 6.14. The highest BCUT2D eigenvalue weighted by Gasteiger charge is 2.20. The molecule has 0 spiro atoms. The van der Waals surface area contributed by atoms with E-state index in [4.69, 9.17) is 4.42 Å². The zero-order valence-electron chi connectivity index (χ0n) is 20.8. The van der Waals surface area contributed by atoms with Crippen LogP contribution < -0.4 is 16.2 Å². The number of anilines is 1. The van der Waals surface area contributed by atoms with E-state index >= 15 is 0 Å². The lowest BCUT2D eigenvalue weighted by Gasteiger charge is -2.33. The average molecular weight is 482 g/mol. The number of rotatable bonds is 5. The number of H-pyrrole nitrogens is 1. The van der Waals surface area contributed by atoms with E-state index < -0.39 is 0 Å². The van der Waals surface area contributed by atoms with Crippen LogP contribution in [-0.2, 0) is 0 Å². The van der Waals surface area contributed by atoms with Crippen molar-refractivity contribution in [2.24, 2.45) is 0 Å². The number of hydrogen-bond acceptors (Lipinski definition) is 5. The Bertz CT molecular complexity index is 1730.